The molecule has 0 radical (unpaired) electrons. The van der Waals surface area contributed by atoms with Crippen LogP contribution in [0.1, 0.15) is 80.1 Å². The fraction of sp³-hybridized carbons (Fsp3) is 1.00. The van der Waals surface area contributed by atoms with E-state index in [2.05, 4.69) is 27.7 Å². The monoisotopic (exact) mass is 200 g/mol. The van der Waals surface area contributed by atoms with Crippen molar-refractivity contribution in [2.75, 3.05) is 0 Å². The average molecular weight is 200 g/mol. The van der Waals surface area contributed by atoms with Gasteiger partial charge < -0.3 is 0 Å². The van der Waals surface area contributed by atoms with Crippen LogP contribution in [0.3, 0.4) is 0 Å². The summed E-state index contributed by atoms with van der Waals surface area (Å²) < 4.78 is 0. The molecule has 0 bridgehead atoms. The third-order valence-corrected chi connectivity index (χ3v) is 2.26. The summed E-state index contributed by atoms with van der Waals surface area (Å²) in [5, 5.41) is 0. The minimum Gasteiger partial charge on any atom is -0.0683 e. The van der Waals surface area contributed by atoms with Crippen molar-refractivity contribution in [2.24, 2.45) is 11.8 Å². The lowest BCUT2D eigenvalue weighted by molar-refractivity contribution is 0.346. The summed E-state index contributed by atoms with van der Waals surface area (Å²) >= 11 is 0. The van der Waals surface area contributed by atoms with Crippen molar-refractivity contribution in [1.82, 2.24) is 0 Å². The van der Waals surface area contributed by atoms with Crippen LogP contribution in [-0.4, -0.2) is 0 Å². The fourth-order valence-electron chi connectivity index (χ4n) is 0.779. The third-order valence-electron chi connectivity index (χ3n) is 2.26. The Labute approximate surface area is 92.5 Å². The van der Waals surface area contributed by atoms with Crippen LogP contribution in [0.2, 0.25) is 0 Å². The predicted molar refractivity (Wildman–Crippen MR) is 68.7 cm³/mol. The van der Waals surface area contributed by atoms with E-state index in [1.807, 2.05) is 13.8 Å². The van der Waals surface area contributed by atoms with Crippen LogP contribution in [0.15, 0.2) is 0 Å². The van der Waals surface area contributed by atoms with Crippen molar-refractivity contribution in [3.05, 3.63) is 0 Å². The molecular formula is C14H32. The fourth-order valence-corrected chi connectivity index (χ4v) is 0.779. The van der Waals surface area contributed by atoms with Crippen molar-refractivity contribution in [3.63, 3.8) is 0 Å². The Balaban J connectivity index is 0. The molecule has 2 fully saturated rings. The van der Waals surface area contributed by atoms with Crippen LogP contribution in [0, 0.1) is 11.8 Å². The molecule has 0 atom stereocenters. The van der Waals surface area contributed by atoms with E-state index in [0.717, 1.165) is 11.8 Å². The number of hydrogen-bond donors (Lipinski definition) is 0. The topological polar surface area (TPSA) is 0 Å². The highest BCUT2D eigenvalue weighted by Gasteiger charge is 2.12. The summed E-state index contributed by atoms with van der Waals surface area (Å²) in [7, 11) is 0. The first-order valence-electron chi connectivity index (χ1n) is 6.70. The SMILES string of the molecule is CC.CC1CC1.CC1CCC1.CCC. The lowest BCUT2D eigenvalue weighted by Gasteiger charge is -2.18. The van der Waals surface area contributed by atoms with Gasteiger partial charge in [-0.15, -0.1) is 0 Å². The minimum atomic E-state index is 1.06. The van der Waals surface area contributed by atoms with E-state index in [1.165, 1.54) is 38.5 Å². The standard InChI is InChI=1S/C5H10.C4H8.C3H8.C2H6/c1-5-3-2-4-5;1-4-2-3-4;1-3-2;1-2/h5H,2-4H2,1H3;4H,2-3H2,1H3;3H2,1-2H3;1-2H3. The second-order valence-electron chi connectivity index (χ2n) is 4.43. The van der Waals surface area contributed by atoms with E-state index in [4.69, 9.17) is 0 Å². The molecule has 0 N–H and O–H groups in total. The smallest absolute Gasteiger partial charge is 0.0443 e. The highest BCUT2D eigenvalue weighted by molar-refractivity contribution is 4.65. The van der Waals surface area contributed by atoms with E-state index in [9.17, 15) is 0 Å². The second kappa shape index (κ2) is 13.0. The first-order valence-corrected chi connectivity index (χ1v) is 6.70. The van der Waals surface area contributed by atoms with E-state index in [0.29, 0.717) is 0 Å². The van der Waals surface area contributed by atoms with Gasteiger partial charge in [0, 0.05) is 0 Å². The Bertz CT molecular complexity index is 78.0. The normalized spacial score (nSPS) is 18.4. The lowest BCUT2D eigenvalue weighted by atomic mass is 9.88. The molecule has 2 aliphatic rings. The van der Waals surface area contributed by atoms with Crippen molar-refractivity contribution >= 4 is 0 Å². The summed E-state index contributed by atoms with van der Waals surface area (Å²) in [6.45, 7) is 12.8. The zero-order valence-electron chi connectivity index (χ0n) is 11.4. The molecule has 0 heterocycles. The highest BCUT2D eigenvalue weighted by Crippen LogP contribution is 2.26. The van der Waals surface area contributed by atoms with Gasteiger partial charge in [-0.05, 0) is 11.8 Å². The Hall–Kier alpha value is 0. The summed E-state index contributed by atoms with van der Waals surface area (Å²) in [6, 6.07) is 0. The Morgan fingerprint density at radius 1 is 0.786 bits per heavy atom. The van der Waals surface area contributed by atoms with Crippen molar-refractivity contribution in [3.8, 4) is 0 Å². The first-order chi connectivity index (χ1) is 6.70. The predicted octanol–water partition coefficient (Wildman–Crippen LogP) is 5.67. The van der Waals surface area contributed by atoms with E-state index in [1.54, 1.807) is 0 Å². The Morgan fingerprint density at radius 3 is 1.00 bits per heavy atom. The highest BCUT2D eigenvalue weighted by atomic mass is 14.2. The molecule has 0 aromatic heterocycles. The zero-order chi connectivity index (χ0) is 11.4. The van der Waals surface area contributed by atoms with Gasteiger partial charge in [-0.2, -0.15) is 0 Å². The van der Waals surface area contributed by atoms with Gasteiger partial charge in [0.05, 0.1) is 0 Å². The largest absolute Gasteiger partial charge is 0.0683 e. The van der Waals surface area contributed by atoms with Gasteiger partial charge in [0.25, 0.3) is 0 Å². The molecule has 0 spiro atoms. The Kier molecular flexibility index (Phi) is 15.3. The minimum absolute atomic E-state index is 1.06. The number of rotatable bonds is 0. The van der Waals surface area contributed by atoms with Crippen LogP contribution in [0.25, 0.3) is 0 Å². The molecule has 0 amide bonds. The van der Waals surface area contributed by atoms with Gasteiger partial charge >= 0.3 is 0 Å². The van der Waals surface area contributed by atoms with Gasteiger partial charge in [0.15, 0.2) is 0 Å². The summed E-state index contributed by atoms with van der Waals surface area (Å²) in [6.07, 6.45) is 8.68. The molecule has 88 valence electrons. The van der Waals surface area contributed by atoms with Crippen molar-refractivity contribution in [1.29, 1.82) is 0 Å². The molecule has 0 saturated heterocycles. The first kappa shape index (κ1) is 16.4. The molecule has 2 saturated carbocycles. The van der Waals surface area contributed by atoms with Gasteiger partial charge in [-0.1, -0.05) is 80.1 Å². The number of hydrogen-bond acceptors (Lipinski definition) is 0. The second-order valence-corrected chi connectivity index (χ2v) is 4.43. The molecule has 0 unspecified atom stereocenters. The van der Waals surface area contributed by atoms with Crippen LogP contribution in [0.4, 0.5) is 0 Å². The van der Waals surface area contributed by atoms with Gasteiger partial charge in [-0.25, -0.2) is 0 Å². The molecule has 2 rings (SSSR count). The molecule has 0 aliphatic heterocycles. The van der Waals surface area contributed by atoms with Crippen LogP contribution in [-0.2, 0) is 0 Å². The molecular weight excluding hydrogens is 168 g/mol. The lowest BCUT2D eigenvalue weighted by Crippen LogP contribution is -2.04. The van der Waals surface area contributed by atoms with E-state index < -0.39 is 0 Å². The third kappa shape index (κ3) is 17.9. The van der Waals surface area contributed by atoms with Gasteiger partial charge in [-0.3, -0.25) is 0 Å². The molecule has 0 aromatic carbocycles. The van der Waals surface area contributed by atoms with E-state index in [-0.39, 0.29) is 0 Å². The Morgan fingerprint density at radius 2 is 1.00 bits per heavy atom. The zero-order valence-corrected chi connectivity index (χ0v) is 11.4. The maximum absolute atomic E-state index is 2.31. The molecule has 0 heteroatoms. The van der Waals surface area contributed by atoms with Crippen LogP contribution < -0.4 is 0 Å². The molecule has 0 aromatic rings. The van der Waals surface area contributed by atoms with Crippen molar-refractivity contribution in [2.45, 2.75) is 80.1 Å². The van der Waals surface area contributed by atoms with Crippen molar-refractivity contribution < 1.29 is 0 Å². The summed E-state index contributed by atoms with van der Waals surface area (Å²) in [4.78, 5) is 0. The maximum Gasteiger partial charge on any atom is -0.0443 e. The van der Waals surface area contributed by atoms with Crippen LogP contribution in [0.5, 0.6) is 0 Å². The molecule has 2 aliphatic carbocycles. The summed E-state index contributed by atoms with van der Waals surface area (Å²) in [5.41, 5.74) is 0. The summed E-state index contributed by atoms with van der Waals surface area (Å²) in [5.74, 6) is 2.15. The average Bonchev–Trinajstić information content (AvgIpc) is 2.90. The van der Waals surface area contributed by atoms with Crippen LogP contribution >= 0.6 is 0 Å². The van der Waals surface area contributed by atoms with Gasteiger partial charge in [0.2, 0.25) is 0 Å². The van der Waals surface area contributed by atoms with Gasteiger partial charge in [0.1, 0.15) is 0 Å². The quantitative estimate of drug-likeness (QED) is 0.473. The maximum atomic E-state index is 2.31. The molecule has 14 heavy (non-hydrogen) atoms. The van der Waals surface area contributed by atoms with E-state index >= 15 is 0 Å². The molecule has 0 nitrogen and oxygen atoms in total.